The molecule has 0 amide bonds. The minimum Gasteiger partial charge on any atom is -0.486 e. The lowest BCUT2D eigenvalue weighted by atomic mass is 10.1. The Morgan fingerprint density at radius 2 is 2.05 bits per heavy atom. The zero-order valence-electron chi connectivity index (χ0n) is 10.3. The van der Waals surface area contributed by atoms with Crippen LogP contribution in [0.3, 0.4) is 0 Å². The lowest BCUT2D eigenvalue weighted by Crippen LogP contribution is -2.15. The molecule has 0 N–H and O–H groups in total. The van der Waals surface area contributed by atoms with Gasteiger partial charge in [0.15, 0.2) is 11.5 Å². The van der Waals surface area contributed by atoms with Crippen LogP contribution in [0.25, 0.3) is 20.7 Å². The number of hydrogen-bond donors (Lipinski definition) is 0. The summed E-state index contributed by atoms with van der Waals surface area (Å²) in [5.74, 6) is 1.57. The highest BCUT2D eigenvalue weighted by Crippen LogP contribution is 2.44. The Bertz CT molecular complexity index is 803. The van der Waals surface area contributed by atoms with Crippen LogP contribution in [0.4, 0.5) is 0 Å². The topological polar surface area (TPSA) is 44.2 Å². The maximum atomic E-state index is 6.10. The Morgan fingerprint density at radius 3 is 2.95 bits per heavy atom. The summed E-state index contributed by atoms with van der Waals surface area (Å²) in [6.07, 6.45) is 1.47. The van der Waals surface area contributed by atoms with Crippen LogP contribution in [-0.2, 0) is 0 Å². The van der Waals surface area contributed by atoms with Crippen molar-refractivity contribution in [3.63, 3.8) is 0 Å². The first-order valence-electron chi connectivity index (χ1n) is 6.12. The molecule has 2 aromatic heterocycles. The second-order valence-corrected chi connectivity index (χ2v) is 5.73. The fourth-order valence-electron chi connectivity index (χ4n) is 2.23. The van der Waals surface area contributed by atoms with Crippen LogP contribution in [-0.4, -0.2) is 23.2 Å². The minimum absolute atomic E-state index is 0.480. The quantitative estimate of drug-likeness (QED) is 0.642. The van der Waals surface area contributed by atoms with E-state index in [0.717, 1.165) is 32.2 Å². The maximum Gasteiger partial charge on any atom is 0.169 e. The third kappa shape index (κ3) is 1.82. The van der Waals surface area contributed by atoms with Crippen molar-refractivity contribution in [1.29, 1.82) is 0 Å². The molecule has 0 aliphatic carbocycles. The first-order chi connectivity index (χ1) is 9.83. The molecule has 0 radical (unpaired) electrons. The lowest BCUT2D eigenvalue weighted by Gasteiger charge is -2.20. The van der Waals surface area contributed by atoms with Crippen molar-refractivity contribution in [3.05, 3.63) is 35.7 Å². The Labute approximate surface area is 124 Å². The van der Waals surface area contributed by atoms with Gasteiger partial charge in [0.2, 0.25) is 0 Å². The van der Waals surface area contributed by atoms with Gasteiger partial charge in [0, 0.05) is 10.4 Å². The minimum atomic E-state index is 0.480. The zero-order chi connectivity index (χ0) is 13.5. The van der Waals surface area contributed by atoms with Crippen molar-refractivity contribution >= 4 is 33.2 Å². The molecule has 3 aromatic rings. The summed E-state index contributed by atoms with van der Waals surface area (Å²) in [6.45, 7) is 1.15. The maximum absolute atomic E-state index is 6.10. The largest absolute Gasteiger partial charge is 0.486 e. The highest BCUT2D eigenvalue weighted by Gasteiger charge is 2.19. The number of para-hydroxylation sites is 1. The average Bonchev–Trinajstić information content (AvgIpc) is 2.92. The summed E-state index contributed by atoms with van der Waals surface area (Å²) in [7, 11) is 0. The molecule has 4 rings (SSSR count). The summed E-state index contributed by atoms with van der Waals surface area (Å²) in [5.41, 5.74) is 1.85. The average molecular weight is 305 g/mol. The normalized spacial score (nSPS) is 13.7. The van der Waals surface area contributed by atoms with Crippen molar-refractivity contribution in [2.75, 3.05) is 13.2 Å². The van der Waals surface area contributed by atoms with Crippen LogP contribution in [0, 0.1) is 0 Å². The third-order valence-corrected chi connectivity index (χ3v) is 4.66. The van der Waals surface area contributed by atoms with E-state index >= 15 is 0 Å². The standard InChI is InChI=1S/C14H9ClN2O2S/c15-14-13-9(16-7-17-14)6-11(20-13)8-2-1-3-10-12(8)19-5-4-18-10/h1-3,6-7H,4-5H2. The summed E-state index contributed by atoms with van der Waals surface area (Å²) < 4.78 is 12.2. The SMILES string of the molecule is Clc1ncnc2cc(-c3cccc4c3OCCO4)sc12. The number of ether oxygens (including phenoxy) is 2. The van der Waals surface area contributed by atoms with Gasteiger partial charge in [-0.25, -0.2) is 9.97 Å². The molecule has 0 bridgehead atoms. The molecule has 0 spiro atoms. The smallest absolute Gasteiger partial charge is 0.169 e. The van der Waals surface area contributed by atoms with Gasteiger partial charge >= 0.3 is 0 Å². The molecule has 4 nitrogen and oxygen atoms in total. The Kier molecular flexibility index (Phi) is 2.75. The lowest BCUT2D eigenvalue weighted by molar-refractivity contribution is 0.172. The summed E-state index contributed by atoms with van der Waals surface area (Å²) in [6, 6.07) is 7.89. The number of aromatic nitrogens is 2. The number of benzene rings is 1. The van der Waals surface area contributed by atoms with Gasteiger partial charge < -0.3 is 9.47 Å². The molecule has 20 heavy (non-hydrogen) atoms. The summed E-state index contributed by atoms with van der Waals surface area (Å²) >= 11 is 7.66. The van der Waals surface area contributed by atoms with E-state index in [1.165, 1.54) is 6.33 Å². The molecule has 3 heterocycles. The predicted molar refractivity (Wildman–Crippen MR) is 78.9 cm³/mol. The predicted octanol–water partition coefficient (Wildman–Crippen LogP) is 3.78. The Balaban J connectivity index is 1.93. The molecular formula is C14H9ClN2O2S. The molecule has 0 atom stereocenters. The van der Waals surface area contributed by atoms with Crippen molar-refractivity contribution in [2.24, 2.45) is 0 Å². The number of hydrogen-bond acceptors (Lipinski definition) is 5. The van der Waals surface area contributed by atoms with Crippen LogP contribution in [0.2, 0.25) is 5.15 Å². The van der Waals surface area contributed by atoms with Gasteiger partial charge in [-0.05, 0) is 18.2 Å². The van der Waals surface area contributed by atoms with Crippen molar-refractivity contribution in [3.8, 4) is 21.9 Å². The molecule has 1 aliphatic heterocycles. The van der Waals surface area contributed by atoms with Gasteiger partial charge in [0.1, 0.15) is 24.7 Å². The van der Waals surface area contributed by atoms with Gasteiger partial charge in [-0.15, -0.1) is 11.3 Å². The molecule has 0 saturated carbocycles. The number of nitrogens with zero attached hydrogens (tertiary/aromatic N) is 2. The molecule has 6 heteroatoms. The number of thiophene rings is 1. The van der Waals surface area contributed by atoms with Crippen LogP contribution < -0.4 is 9.47 Å². The summed E-state index contributed by atoms with van der Waals surface area (Å²) in [5, 5.41) is 0.480. The van der Waals surface area contributed by atoms with E-state index < -0.39 is 0 Å². The third-order valence-electron chi connectivity index (χ3n) is 3.10. The first-order valence-corrected chi connectivity index (χ1v) is 7.31. The molecule has 0 unspecified atom stereocenters. The number of fused-ring (bicyclic) bond motifs is 2. The zero-order valence-corrected chi connectivity index (χ0v) is 11.9. The van der Waals surface area contributed by atoms with Crippen LogP contribution in [0.5, 0.6) is 11.5 Å². The van der Waals surface area contributed by atoms with Crippen molar-refractivity contribution in [1.82, 2.24) is 9.97 Å². The van der Waals surface area contributed by atoms with Gasteiger partial charge in [-0.2, -0.15) is 0 Å². The number of halogens is 1. The van der Waals surface area contributed by atoms with E-state index in [2.05, 4.69) is 9.97 Å². The molecule has 0 saturated heterocycles. The second kappa shape index (κ2) is 4.61. The molecule has 0 fully saturated rings. The van der Waals surface area contributed by atoms with Gasteiger partial charge in [0.05, 0.1) is 10.2 Å². The van der Waals surface area contributed by atoms with E-state index in [9.17, 15) is 0 Å². The molecular weight excluding hydrogens is 296 g/mol. The van der Waals surface area contributed by atoms with E-state index in [1.807, 2.05) is 24.3 Å². The van der Waals surface area contributed by atoms with E-state index in [1.54, 1.807) is 11.3 Å². The monoisotopic (exact) mass is 304 g/mol. The molecule has 100 valence electrons. The van der Waals surface area contributed by atoms with E-state index in [0.29, 0.717) is 18.4 Å². The Hall–Kier alpha value is -1.85. The van der Waals surface area contributed by atoms with Gasteiger partial charge in [-0.3, -0.25) is 0 Å². The highest BCUT2D eigenvalue weighted by molar-refractivity contribution is 7.22. The molecule has 1 aliphatic rings. The van der Waals surface area contributed by atoms with E-state index in [4.69, 9.17) is 21.1 Å². The van der Waals surface area contributed by atoms with Gasteiger partial charge in [-0.1, -0.05) is 17.7 Å². The van der Waals surface area contributed by atoms with Crippen molar-refractivity contribution in [2.45, 2.75) is 0 Å². The fraction of sp³-hybridized carbons (Fsp3) is 0.143. The van der Waals surface area contributed by atoms with Crippen molar-refractivity contribution < 1.29 is 9.47 Å². The van der Waals surface area contributed by atoms with Crippen LogP contribution >= 0.6 is 22.9 Å². The summed E-state index contributed by atoms with van der Waals surface area (Å²) in [4.78, 5) is 9.30. The fourth-order valence-corrected chi connectivity index (χ4v) is 3.50. The van der Waals surface area contributed by atoms with Crippen LogP contribution in [0.1, 0.15) is 0 Å². The van der Waals surface area contributed by atoms with Crippen LogP contribution in [0.15, 0.2) is 30.6 Å². The highest BCUT2D eigenvalue weighted by atomic mass is 35.5. The molecule has 1 aromatic carbocycles. The second-order valence-electron chi connectivity index (χ2n) is 4.32. The number of rotatable bonds is 1. The first kappa shape index (κ1) is 11.9. The van der Waals surface area contributed by atoms with E-state index in [-0.39, 0.29) is 0 Å². The Morgan fingerprint density at radius 1 is 1.15 bits per heavy atom. The van der Waals surface area contributed by atoms with Gasteiger partial charge in [0.25, 0.3) is 0 Å².